The first-order valence-electron chi connectivity index (χ1n) is 8.33. The van der Waals surface area contributed by atoms with E-state index < -0.39 is 41.0 Å². The fraction of sp³-hybridized carbons (Fsp3) is 0.556. The van der Waals surface area contributed by atoms with Crippen molar-refractivity contribution < 1.29 is 28.7 Å². The lowest BCUT2D eigenvalue weighted by Crippen LogP contribution is -2.56. The van der Waals surface area contributed by atoms with E-state index in [1.807, 2.05) is 0 Å². The van der Waals surface area contributed by atoms with Crippen molar-refractivity contribution in [2.45, 2.75) is 52.0 Å². The van der Waals surface area contributed by atoms with Crippen LogP contribution in [-0.4, -0.2) is 51.9 Å². The third kappa shape index (κ3) is 4.35. The van der Waals surface area contributed by atoms with Gasteiger partial charge in [-0.25, -0.2) is 4.79 Å². The van der Waals surface area contributed by atoms with Crippen molar-refractivity contribution >= 4 is 35.4 Å². The predicted octanol–water partition coefficient (Wildman–Crippen LogP) is 1.97. The van der Waals surface area contributed by atoms with E-state index in [0.717, 1.165) is 5.57 Å². The molecule has 0 aromatic rings. The van der Waals surface area contributed by atoms with E-state index in [4.69, 9.17) is 9.47 Å². The first-order chi connectivity index (χ1) is 12.0. The molecule has 8 heteroatoms. The molecule has 0 bridgehead atoms. The molecule has 7 nitrogen and oxygen atoms in total. The molecule has 2 heterocycles. The summed E-state index contributed by atoms with van der Waals surface area (Å²) in [6, 6.07) is 0. The number of ether oxygens (including phenoxy) is 2. The number of rotatable bonds is 5. The third-order valence-corrected chi connectivity index (χ3v) is 4.98. The molecule has 1 fully saturated rings. The van der Waals surface area contributed by atoms with Crippen LogP contribution in [0.1, 0.15) is 41.0 Å². The number of carbonyl (C=O) groups excluding carboxylic acids is 4. The largest absolute Gasteiger partial charge is 0.466 e. The predicted molar refractivity (Wildman–Crippen MR) is 96.0 cm³/mol. The minimum absolute atomic E-state index is 0.192. The number of esters is 2. The lowest BCUT2D eigenvalue weighted by molar-refractivity contribution is -0.155. The van der Waals surface area contributed by atoms with Crippen LogP contribution in [0.5, 0.6) is 0 Å². The fourth-order valence-corrected chi connectivity index (χ4v) is 3.84. The van der Waals surface area contributed by atoms with E-state index in [1.165, 1.54) is 22.7 Å². The second-order valence-electron chi connectivity index (χ2n) is 7.02. The van der Waals surface area contributed by atoms with Gasteiger partial charge in [0.25, 0.3) is 5.91 Å². The summed E-state index contributed by atoms with van der Waals surface area (Å²) in [6.45, 7) is 8.90. The summed E-state index contributed by atoms with van der Waals surface area (Å²) in [7, 11) is 0. The number of carbonyl (C=O) groups is 4. The first kappa shape index (κ1) is 20.2. The van der Waals surface area contributed by atoms with Gasteiger partial charge in [-0.3, -0.25) is 19.3 Å². The molecule has 0 saturated carbocycles. The maximum atomic E-state index is 12.5. The minimum atomic E-state index is -0.674. The SMILES string of the molecule is CCOC(=O)CC(=O)/C=C1/C(=O)N2C(C(=O)OC(C)(C)C)=C(C)CS[C@H]12. The smallest absolute Gasteiger partial charge is 0.355 e. The number of allylic oxidation sites excluding steroid dienone is 1. The van der Waals surface area contributed by atoms with Crippen LogP contribution in [0, 0.1) is 0 Å². The highest BCUT2D eigenvalue weighted by atomic mass is 32.2. The molecule has 26 heavy (non-hydrogen) atoms. The van der Waals surface area contributed by atoms with E-state index in [2.05, 4.69) is 0 Å². The normalized spacial score (nSPS) is 21.3. The molecule has 0 unspecified atom stereocenters. The van der Waals surface area contributed by atoms with Crippen LogP contribution in [-0.2, 0) is 28.7 Å². The summed E-state index contributed by atoms with van der Waals surface area (Å²) in [4.78, 5) is 49.7. The van der Waals surface area contributed by atoms with Gasteiger partial charge < -0.3 is 9.47 Å². The Kier molecular flexibility index (Phi) is 5.95. The molecule has 1 saturated heterocycles. The van der Waals surface area contributed by atoms with Crippen molar-refractivity contribution in [2.75, 3.05) is 12.4 Å². The summed E-state index contributed by atoms with van der Waals surface area (Å²) in [5.74, 6) is -1.53. The zero-order chi connectivity index (χ0) is 19.6. The Balaban J connectivity index is 2.16. The van der Waals surface area contributed by atoms with Gasteiger partial charge in [0.05, 0.1) is 12.2 Å². The number of nitrogens with zero attached hydrogens (tertiary/aromatic N) is 1. The summed E-state index contributed by atoms with van der Waals surface area (Å²) >= 11 is 1.45. The molecule has 0 aromatic heterocycles. The van der Waals surface area contributed by atoms with Gasteiger partial charge in [0.15, 0.2) is 5.78 Å². The number of thioether (sulfide) groups is 1. The van der Waals surface area contributed by atoms with Gasteiger partial charge in [0, 0.05) is 5.75 Å². The Morgan fingerprint density at radius 1 is 1.31 bits per heavy atom. The van der Waals surface area contributed by atoms with Gasteiger partial charge in [-0.15, -0.1) is 11.8 Å². The van der Waals surface area contributed by atoms with Gasteiger partial charge >= 0.3 is 11.9 Å². The van der Waals surface area contributed by atoms with Gasteiger partial charge in [-0.05, 0) is 46.3 Å². The zero-order valence-corrected chi connectivity index (χ0v) is 16.4. The summed E-state index contributed by atoms with van der Waals surface area (Å²) < 4.78 is 10.1. The van der Waals surface area contributed by atoms with Crippen LogP contribution in [0.3, 0.4) is 0 Å². The Labute approximate surface area is 156 Å². The van der Waals surface area contributed by atoms with E-state index >= 15 is 0 Å². The highest BCUT2D eigenvalue weighted by molar-refractivity contribution is 8.00. The molecule has 0 radical (unpaired) electrons. The maximum absolute atomic E-state index is 12.5. The molecule has 1 atom stereocenters. The maximum Gasteiger partial charge on any atom is 0.355 e. The van der Waals surface area contributed by atoms with Crippen molar-refractivity contribution in [1.82, 2.24) is 4.90 Å². The van der Waals surface area contributed by atoms with E-state index in [9.17, 15) is 19.2 Å². The molecular weight excluding hydrogens is 358 g/mol. The lowest BCUT2D eigenvalue weighted by atomic mass is 10.00. The first-order valence-corrected chi connectivity index (χ1v) is 9.38. The van der Waals surface area contributed by atoms with Crippen molar-refractivity contribution in [2.24, 2.45) is 0 Å². The minimum Gasteiger partial charge on any atom is -0.466 e. The summed E-state index contributed by atoms with van der Waals surface area (Å²) in [6.07, 6.45) is 0.774. The Bertz CT molecular complexity index is 716. The molecule has 2 aliphatic rings. The molecular formula is C18H23NO6S. The summed E-state index contributed by atoms with van der Waals surface area (Å²) in [5, 5.41) is -0.417. The number of hydrogen-bond donors (Lipinski definition) is 0. The van der Waals surface area contributed by atoms with Crippen molar-refractivity contribution in [3.8, 4) is 0 Å². The third-order valence-electron chi connectivity index (χ3n) is 3.60. The second kappa shape index (κ2) is 7.65. The van der Waals surface area contributed by atoms with Crippen LogP contribution in [0.25, 0.3) is 0 Å². The number of hydrogen-bond acceptors (Lipinski definition) is 7. The average Bonchev–Trinajstić information content (AvgIpc) is 2.50. The number of amides is 1. The van der Waals surface area contributed by atoms with Gasteiger partial charge in [0.2, 0.25) is 0 Å². The number of ketones is 1. The second-order valence-corrected chi connectivity index (χ2v) is 8.09. The van der Waals surface area contributed by atoms with E-state index in [-0.39, 0.29) is 17.9 Å². The standard InChI is InChI=1S/C18H23NO6S/c1-6-24-13(21)8-11(20)7-12-15(22)19-14(10(2)9-26-16(12)19)17(23)25-18(3,4)5/h7,16H,6,8-9H2,1-5H3/b12-7-/t16-/m1/s1. The molecule has 0 spiro atoms. The van der Waals surface area contributed by atoms with Crippen LogP contribution in [0.2, 0.25) is 0 Å². The number of fused-ring (bicyclic) bond motifs is 1. The van der Waals surface area contributed by atoms with E-state index in [1.54, 1.807) is 34.6 Å². The van der Waals surface area contributed by atoms with Gasteiger partial charge in [0.1, 0.15) is 23.1 Å². The summed E-state index contributed by atoms with van der Waals surface area (Å²) in [5.41, 5.74) is 0.611. The van der Waals surface area contributed by atoms with Crippen LogP contribution >= 0.6 is 11.8 Å². The molecule has 2 rings (SSSR count). The molecule has 2 aliphatic heterocycles. The van der Waals surface area contributed by atoms with E-state index in [0.29, 0.717) is 5.75 Å². The Hall–Kier alpha value is -2.09. The van der Waals surface area contributed by atoms with Gasteiger partial charge in [-0.1, -0.05) is 0 Å². The molecule has 0 N–H and O–H groups in total. The van der Waals surface area contributed by atoms with Crippen molar-refractivity contribution in [3.05, 3.63) is 22.9 Å². The van der Waals surface area contributed by atoms with Crippen molar-refractivity contribution in [1.29, 1.82) is 0 Å². The quantitative estimate of drug-likeness (QED) is 0.311. The highest BCUT2D eigenvalue weighted by Gasteiger charge is 2.50. The van der Waals surface area contributed by atoms with Crippen LogP contribution < -0.4 is 0 Å². The molecule has 1 amide bonds. The molecule has 0 aromatic carbocycles. The van der Waals surface area contributed by atoms with Gasteiger partial charge in [-0.2, -0.15) is 0 Å². The molecule has 142 valence electrons. The number of β-lactam (4-membered cyclic amide) rings is 1. The van der Waals surface area contributed by atoms with Crippen LogP contribution in [0.15, 0.2) is 22.9 Å². The average molecular weight is 381 g/mol. The monoisotopic (exact) mass is 381 g/mol. The zero-order valence-electron chi connectivity index (χ0n) is 15.6. The lowest BCUT2D eigenvalue weighted by Gasteiger charge is -2.46. The van der Waals surface area contributed by atoms with Crippen molar-refractivity contribution in [3.63, 3.8) is 0 Å². The molecule has 0 aliphatic carbocycles. The Morgan fingerprint density at radius 2 is 1.96 bits per heavy atom. The highest BCUT2D eigenvalue weighted by Crippen LogP contribution is 2.43. The Morgan fingerprint density at radius 3 is 2.54 bits per heavy atom. The topological polar surface area (TPSA) is 90.0 Å². The fourth-order valence-electron chi connectivity index (χ4n) is 2.60. The van der Waals surface area contributed by atoms with Crippen LogP contribution in [0.4, 0.5) is 0 Å².